The molecule has 0 aliphatic carbocycles. The highest BCUT2D eigenvalue weighted by molar-refractivity contribution is 7.22. The van der Waals surface area contributed by atoms with Crippen LogP contribution >= 0.6 is 11.3 Å². The van der Waals surface area contributed by atoms with Crippen LogP contribution in [0.25, 0.3) is 20.7 Å². The average Bonchev–Trinajstić information content (AvgIpc) is 3.11. The number of aromatic nitrogens is 1. The molecule has 0 spiro atoms. The van der Waals surface area contributed by atoms with Gasteiger partial charge in [0, 0.05) is 36.8 Å². The zero-order valence-corrected chi connectivity index (χ0v) is 16.2. The van der Waals surface area contributed by atoms with Gasteiger partial charge in [-0.1, -0.05) is 12.1 Å². The fourth-order valence-corrected chi connectivity index (χ4v) is 4.25. The summed E-state index contributed by atoms with van der Waals surface area (Å²) >= 11 is 1.50. The van der Waals surface area contributed by atoms with E-state index in [2.05, 4.69) is 43.0 Å². The Labute approximate surface area is 156 Å². The van der Waals surface area contributed by atoms with Crippen molar-refractivity contribution in [1.29, 1.82) is 0 Å². The van der Waals surface area contributed by atoms with Crippen LogP contribution in [-0.4, -0.2) is 30.7 Å². The molecule has 0 saturated heterocycles. The topological polar surface area (TPSA) is 51.5 Å². The molecule has 3 rings (SSSR count). The van der Waals surface area contributed by atoms with Crippen LogP contribution in [0.5, 0.6) is 0 Å². The Morgan fingerprint density at radius 2 is 1.81 bits per heavy atom. The number of rotatable bonds is 5. The highest BCUT2D eigenvalue weighted by Gasteiger charge is 2.17. The summed E-state index contributed by atoms with van der Waals surface area (Å²) in [5.41, 5.74) is 3.08. The number of hydrogen-bond acceptors (Lipinski definition) is 5. The van der Waals surface area contributed by atoms with Gasteiger partial charge in [0.1, 0.15) is 0 Å². The van der Waals surface area contributed by atoms with Crippen molar-refractivity contribution in [3.8, 4) is 10.4 Å². The van der Waals surface area contributed by atoms with E-state index in [1.165, 1.54) is 30.2 Å². The van der Waals surface area contributed by atoms with Crippen LogP contribution < -0.4 is 10.5 Å². The Bertz CT molecular complexity index is 998. The summed E-state index contributed by atoms with van der Waals surface area (Å²) in [5.74, 6) is -0.488. The van der Waals surface area contributed by atoms with Crippen LogP contribution in [0.1, 0.15) is 24.2 Å². The smallest absolute Gasteiger partial charge is 0.339 e. The second-order valence-electron chi connectivity index (χ2n) is 5.99. The van der Waals surface area contributed by atoms with Gasteiger partial charge in [0.15, 0.2) is 0 Å². The first-order valence-corrected chi connectivity index (χ1v) is 9.39. The molecule has 0 fully saturated rings. The molecule has 5 nitrogen and oxygen atoms in total. The molecule has 0 saturated carbocycles. The van der Waals surface area contributed by atoms with E-state index in [0.717, 1.165) is 33.7 Å². The molecule has 1 aromatic carbocycles. The summed E-state index contributed by atoms with van der Waals surface area (Å²) in [6, 6.07) is 11.7. The first kappa shape index (κ1) is 18.2. The zero-order valence-electron chi connectivity index (χ0n) is 15.4. The van der Waals surface area contributed by atoms with Gasteiger partial charge in [-0.05, 0) is 37.6 Å². The summed E-state index contributed by atoms with van der Waals surface area (Å²) in [4.78, 5) is 27.5. The standard InChI is InChI=1S/C20H22N2O3S/c1-5-22(6-2)14-9-7-13(8-10-14)17-12-16-19(26-17)15(20(24)25-4)11-18(23)21(16)3/h7-12H,5-6H2,1-4H3. The summed E-state index contributed by atoms with van der Waals surface area (Å²) in [5, 5.41) is 0. The number of hydrogen-bond donors (Lipinski definition) is 0. The minimum Gasteiger partial charge on any atom is -0.465 e. The van der Waals surface area contributed by atoms with E-state index >= 15 is 0 Å². The van der Waals surface area contributed by atoms with Crippen LogP contribution in [0.3, 0.4) is 0 Å². The lowest BCUT2D eigenvalue weighted by atomic mass is 10.1. The number of nitrogens with zero attached hydrogens (tertiary/aromatic N) is 2. The van der Waals surface area contributed by atoms with E-state index in [1.54, 1.807) is 11.6 Å². The van der Waals surface area contributed by atoms with Crippen LogP contribution in [0, 0.1) is 0 Å². The third kappa shape index (κ3) is 3.12. The third-order valence-corrected chi connectivity index (χ3v) is 5.81. The van der Waals surface area contributed by atoms with Gasteiger partial charge in [-0.3, -0.25) is 4.79 Å². The maximum Gasteiger partial charge on any atom is 0.339 e. The fraction of sp³-hybridized carbons (Fsp3) is 0.300. The minimum atomic E-state index is -0.488. The molecular formula is C20H22N2O3S. The number of carbonyl (C=O) groups is 1. The van der Waals surface area contributed by atoms with Crippen LogP contribution in [0.2, 0.25) is 0 Å². The van der Waals surface area contributed by atoms with Gasteiger partial charge in [-0.15, -0.1) is 11.3 Å². The number of anilines is 1. The summed E-state index contributed by atoms with van der Waals surface area (Å²) < 4.78 is 7.16. The van der Waals surface area contributed by atoms with Crippen LogP contribution in [0.15, 0.2) is 41.2 Å². The maximum absolute atomic E-state index is 12.2. The monoisotopic (exact) mass is 370 g/mol. The van der Waals surface area contributed by atoms with Crippen molar-refractivity contribution in [1.82, 2.24) is 4.57 Å². The molecular weight excluding hydrogens is 348 g/mol. The van der Waals surface area contributed by atoms with Crippen molar-refractivity contribution < 1.29 is 9.53 Å². The largest absolute Gasteiger partial charge is 0.465 e. The van der Waals surface area contributed by atoms with Crippen molar-refractivity contribution in [2.75, 3.05) is 25.1 Å². The molecule has 0 aliphatic heterocycles. The maximum atomic E-state index is 12.2. The molecule has 0 unspecified atom stereocenters. The number of aryl methyl sites for hydroxylation is 1. The Kier molecular flexibility index (Phi) is 5.13. The Morgan fingerprint density at radius 3 is 2.38 bits per heavy atom. The summed E-state index contributed by atoms with van der Waals surface area (Å²) in [6.45, 7) is 6.20. The number of esters is 1. The quantitative estimate of drug-likeness (QED) is 0.639. The lowest BCUT2D eigenvalue weighted by Crippen LogP contribution is -2.21. The van der Waals surface area contributed by atoms with E-state index in [1.807, 2.05) is 6.07 Å². The average molecular weight is 370 g/mol. The first-order chi connectivity index (χ1) is 12.5. The van der Waals surface area contributed by atoms with Gasteiger partial charge >= 0.3 is 5.97 Å². The SMILES string of the molecule is CCN(CC)c1ccc(-c2cc3c(s2)c(C(=O)OC)cc(=O)n3C)cc1. The van der Waals surface area contributed by atoms with Gasteiger partial charge in [0.25, 0.3) is 5.56 Å². The van der Waals surface area contributed by atoms with Gasteiger partial charge in [-0.2, -0.15) is 0 Å². The minimum absolute atomic E-state index is 0.223. The summed E-state index contributed by atoms with van der Waals surface area (Å²) in [6.07, 6.45) is 0. The van der Waals surface area contributed by atoms with Crippen molar-refractivity contribution >= 4 is 33.2 Å². The second-order valence-corrected chi connectivity index (χ2v) is 7.04. The Hall–Kier alpha value is -2.60. The van der Waals surface area contributed by atoms with Gasteiger partial charge in [0.05, 0.1) is 22.9 Å². The Morgan fingerprint density at radius 1 is 1.15 bits per heavy atom. The molecule has 0 N–H and O–H groups in total. The lowest BCUT2D eigenvalue weighted by Gasteiger charge is -2.21. The molecule has 2 heterocycles. The molecule has 0 aliphatic rings. The molecule has 0 amide bonds. The lowest BCUT2D eigenvalue weighted by molar-refractivity contribution is 0.0603. The molecule has 26 heavy (non-hydrogen) atoms. The normalized spacial score (nSPS) is 10.9. The van der Waals surface area contributed by atoms with E-state index in [-0.39, 0.29) is 5.56 Å². The third-order valence-electron chi connectivity index (χ3n) is 4.60. The first-order valence-electron chi connectivity index (χ1n) is 8.57. The molecule has 2 aromatic heterocycles. The van der Waals surface area contributed by atoms with E-state index in [0.29, 0.717) is 5.56 Å². The second kappa shape index (κ2) is 7.33. The molecule has 0 atom stereocenters. The van der Waals surface area contributed by atoms with Gasteiger partial charge in [-0.25, -0.2) is 4.79 Å². The van der Waals surface area contributed by atoms with Crippen molar-refractivity contribution in [2.45, 2.75) is 13.8 Å². The zero-order chi connectivity index (χ0) is 18.8. The van der Waals surface area contributed by atoms with Crippen LogP contribution in [-0.2, 0) is 11.8 Å². The number of pyridine rings is 1. The van der Waals surface area contributed by atoms with E-state index < -0.39 is 5.97 Å². The number of benzene rings is 1. The van der Waals surface area contributed by atoms with Gasteiger partial charge in [0.2, 0.25) is 0 Å². The molecule has 3 aromatic rings. The van der Waals surface area contributed by atoms with E-state index in [4.69, 9.17) is 4.74 Å². The Balaban J connectivity index is 2.11. The molecule has 6 heteroatoms. The van der Waals surface area contributed by atoms with Crippen molar-refractivity contribution in [3.05, 3.63) is 52.3 Å². The van der Waals surface area contributed by atoms with Crippen molar-refractivity contribution in [2.24, 2.45) is 7.05 Å². The highest BCUT2D eigenvalue weighted by Crippen LogP contribution is 2.35. The fourth-order valence-electron chi connectivity index (χ4n) is 3.06. The number of ether oxygens (including phenoxy) is 1. The van der Waals surface area contributed by atoms with E-state index in [9.17, 15) is 9.59 Å². The number of methoxy groups -OCH3 is 1. The predicted octanol–water partition coefficient (Wildman–Crippen LogP) is 3.90. The van der Waals surface area contributed by atoms with Crippen molar-refractivity contribution in [3.63, 3.8) is 0 Å². The number of thiophene rings is 1. The molecule has 0 bridgehead atoms. The molecule has 0 radical (unpaired) electrons. The predicted molar refractivity (Wildman–Crippen MR) is 107 cm³/mol. The van der Waals surface area contributed by atoms with Crippen LogP contribution in [0.4, 0.5) is 5.69 Å². The summed E-state index contributed by atoms with van der Waals surface area (Å²) in [7, 11) is 3.04. The van der Waals surface area contributed by atoms with Gasteiger partial charge < -0.3 is 14.2 Å². The molecule has 136 valence electrons. The highest BCUT2D eigenvalue weighted by atomic mass is 32.1. The number of fused-ring (bicyclic) bond motifs is 1. The number of carbonyl (C=O) groups excluding carboxylic acids is 1.